The van der Waals surface area contributed by atoms with Crippen molar-refractivity contribution in [3.8, 4) is 5.75 Å². The van der Waals surface area contributed by atoms with Gasteiger partial charge >= 0.3 is 0 Å². The molecular formula is C35H40N2O5S. The van der Waals surface area contributed by atoms with E-state index in [0.717, 1.165) is 66.1 Å². The molecule has 2 amide bonds. The molecule has 7 nitrogen and oxygen atoms in total. The molecule has 3 unspecified atom stereocenters. The molecule has 0 saturated carbocycles. The zero-order chi connectivity index (χ0) is 30.1. The van der Waals surface area contributed by atoms with Crippen molar-refractivity contribution in [2.24, 2.45) is 5.92 Å². The Hall–Kier alpha value is -3.49. The molecule has 0 spiro atoms. The van der Waals surface area contributed by atoms with Crippen LogP contribution in [-0.2, 0) is 27.3 Å². The van der Waals surface area contributed by atoms with Gasteiger partial charge in [0.2, 0.25) is 5.91 Å². The molecule has 43 heavy (non-hydrogen) atoms. The highest BCUT2D eigenvalue weighted by molar-refractivity contribution is 8.15. The van der Waals surface area contributed by atoms with E-state index in [2.05, 4.69) is 50.0 Å². The van der Waals surface area contributed by atoms with Crippen LogP contribution in [0.4, 0.5) is 4.79 Å². The summed E-state index contributed by atoms with van der Waals surface area (Å²) in [5.74, 6) is 2.82. The maximum Gasteiger partial charge on any atom is 0.286 e. The highest BCUT2D eigenvalue weighted by atomic mass is 32.2. The number of likely N-dealkylation sites (tertiary alicyclic amines) is 1. The van der Waals surface area contributed by atoms with Crippen LogP contribution in [0.25, 0.3) is 0 Å². The molecule has 6 rings (SSSR count). The van der Waals surface area contributed by atoms with Crippen LogP contribution in [0.5, 0.6) is 5.75 Å². The lowest BCUT2D eigenvalue weighted by molar-refractivity contribution is -0.118. The van der Waals surface area contributed by atoms with Gasteiger partial charge in [0.15, 0.2) is 0 Å². The molecule has 2 aromatic rings. The number of hydrogen-bond donors (Lipinski definition) is 1. The van der Waals surface area contributed by atoms with E-state index in [9.17, 15) is 9.59 Å². The number of amides is 2. The van der Waals surface area contributed by atoms with Gasteiger partial charge in [-0.3, -0.25) is 19.8 Å². The predicted molar refractivity (Wildman–Crippen MR) is 169 cm³/mol. The lowest BCUT2D eigenvalue weighted by Crippen LogP contribution is -2.38. The standard InChI is InChI=1S/C35H40N2O5S/c1-21-22(2)33-31(23(3)32(21)41-19-26-9-6-5-7-10-26)29(24(4)42-33)18-37-16-8-11-27(37)20-40-28-14-12-25(13-15-28)17-30-34(38)36-35(39)43-30/h5-7,9-10,12-15,27,30-31,33H,8,11,16-20H2,1-4H3,(H,36,38,39)/t27-,30?,31?,33?/m0/s1. The number of fused-ring (bicyclic) bond motifs is 1. The lowest BCUT2D eigenvalue weighted by atomic mass is 9.78. The first-order valence-corrected chi connectivity index (χ1v) is 16.0. The third-order valence-corrected chi connectivity index (χ3v) is 10.3. The van der Waals surface area contributed by atoms with E-state index >= 15 is 0 Å². The second-order valence-corrected chi connectivity index (χ2v) is 13.2. The molecule has 1 aliphatic carbocycles. The van der Waals surface area contributed by atoms with Crippen molar-refractivity contribution in [2.75, 3.05) is 19.7 Å². The minimum Gasteiger partial charge on any atom is -0.492 e. The average Bonchev–Trinajstić information content (AvgIpc) is 3.68. The molecule has 2 saturated heterocycles. The zero-order valence-corrected chi connectivity index (χ0v) is 26.2. The molecule has 226 valence electrons. The van der Waals surface area contributed by atoms with Gasteiger partial charge in [-0.25, -0.2) is 0 Å². The molecule has 3 aliphatic heterocycles. The summed E-state index contributed by atoms with van der Waals surface area (Å²) in [6.45, 7) is 11.7. The normalized spacial score (nSPS) is 25.8. The SMILES string of the molecule is CC1=C(CN2CCC[C@H]2COc2ccc(CC3SC(=O)NC3=O)cc2)C2C(C)=C(OCc3ccccc3)C(C)=C(C)C2O1. The molecule has 2 aromatic carbocycles. The predicted octanol–water partition coefficient (Wildman–Crippen LogP) is 6.55. The largest absolute Gasteiger partial charge is 0.492 e. The van der Waals surface area contributed by atoms with Crippen LogP contribution >= 0.6 is 11.8 Å². The summed E-state index contributed by atoms with van der Waals surface area (Å²) in [4.78, 5) is 25.9. The number of nitrogens with one attached hydrogen (secondary N) is 1. The second kappa shape index (κ2) is 12.6. The Balaban J connectivity index is 1.09. The van der Waals surface area contributed by atoms with Crippen molar-refractivity contribution in [2.45, 2.75) is 71.0 Å². The maximum absolute atomic E-state index is 11.9. The first-order valence-electron chi connectivity index (χ1n) is 15.2. The molecular weight excluding hydrogens is 560 g/mol. The van der Waals surface area contributed by atoms with Gasteiger partial charge in [-0.15, -0.1) is 0 Å². The third-order valence-electron chi connectivity index (χ3n) is 9.27. The minimum atomic E-state index is -0.361. The molecule has 8 heteroatoms. The molecule has 0 radical (unpaired) electrons. The van der Waals surface area contributed by atoms with Gasteiger partial charge in [-0.2, -0.15) is 0 Å². The van der Waals surface area contributed by atoms with E-state index in [1.165, 1.54) is 22.3 Å². The van der Waals surface area contributed by atoms with Crippen LogP contribution in [0.3, 0.4) is 0 Å². The summed E-state index contributed by atoms with van der Waals surface area (Å²) in [6, 6.07) is 18.5. The van der Waals surface area contributed by atoms with E-state index in [1.54, 1.807) is 0 Å². The molecule has 3 heterocycles. The molecule has 0 bridgehead atoms. The van der Waals surface area contributed by atoms with Crippen molar-refractivity contribution < 1.29 is 23.8 Å². The van der Waals surface area contributed by atoms with Crippen LogP contribution in [0, 0.1) is 5.92 Å². The highest BCUT2D eigenvalue weighted by Gasteiger charge is 2.43. The summed E-state index contributed by atoms with van der Waals surface area (Å²) < 4.78 is 19.2. The number of nitrogens with zero attached hydrogens (tertiary/aromatic N) is 1. The number of thioether (sulfide) groups is 1. The second-order valence-electron chi connectivity index (χ2n) is 12.0. The molecule has 0 aromatic heterocycles. The van der Waals surface area contributed by atoms with Crippen molar-refractivity contribution in [3.63, 3.8) is 0 Å². The van der Waals surface area contributed by atoms with Gasteiger partial charge in [0.25, 0.3) is 5.24 Å². The third kappa shape index (κ3) is 6.27. The monoisotopic (exact) mass is 600 g/mol. The van der Waals surface area contributed by atoms with Gasteiger partial charge in [0, 0.05) is 12.6 Å². The number of rotatable bonds is 10. The van der Waals surface area contributed by atoms with Gasteiger partial charge in [-0.1, -0.05) is 54.2 Å². The van der Waals surface area contributed by atoms with Crippen molar-refractivity contribution in [1.82, 2.24) is 10.2 Å². The van der Waals surface area contributed by atoms with E-state index < -0.39 is 0 Å². The fourth-order valence-corrected chi connectivity index (χ4v) is 7.58. The smallest absolute Gasteiger partial charge is 0.286 e. The highest BCUT2D eigenvalue weighted by Crippen LogP contribution is 2.46. The quantitative estimate of drug-likeness (QED) is 0.331. The number of ether oxygens (including phenoxy) is 3. The number of hydrogen-bond acceptors (Lipinski definition) is 7. The van der Waals surface area contributed by atoms with Crippen LogP contribution in [-0.4, -0.2) is 53.1 Å². The number of carbonyl (C=O) groups excluding carboxylic acids is 2. The number of allylic oxidation sites excluding steroid dienone is 2. The van der Waals surface area contributed by atoms with E-state index in [0.29, 0.717) is 25.7 Å². The maximum atomic E-state index is 11.9. The van der Waals surface area contributed by atoms with Gasteiger partial charge in [0.1, 0.15) is 30.8 Å². The summed E-state index contributed by atoms with van der Waals surface area (Å²) in [7, 11) is 0. The molecule has 1 N–H and O–H groups in total. The summed E-state index contributed by atoms with van der Waals surface area (Å²) >= 11 is 1.06. The first-order chi connectivity index (χ1) is 20.8. The summed E-state index contributed by atoms with van der Waals surface area (Å²) in [5, 5.41) is 1.72. The summed E-state index contributed by atoms with van der Waals surface area (Å²) in [6.07, 6.45) is 2.80. The fraction of sp³-hybridized carbons (Fsp3) is 0.429. The van der Waals surface area contributed by atoms with E-state index in [-0.39, 0.29) is 28.4 Å². The number of imide groups is 1. The van der Waals surface area contributed by atoms with Crippen LogP contribution < -0.4 is 10.1 Å². The van der Waals surface area contributed by atoms with Crippen molar-refractivity contribution in [3.05, 3.63) is 99.5 Å². The van der Waals surface area contributed by atoms with Gasteiger partial charge in [0.05, 0.1) is 16.9 Å². The molecule has 4 aliphatic rings. The Bertz CT molecular complexity index is 1480. The first kappa shape index (κ1) is 29.6. The van der Waals surface area contributed by atoms with Crippen molar-refractivity contribution in [1.29, 1.82) is 0 Å². The summed E-state index contributed by atoms with van der Waals surface area (Å²) in [5.41, 5.74) is 7.20. The average molecular weight is 601 g/mol. The Labute approximate surface area is 258 Å². The van der Waals surface area contributed by atoms with Crippen molar-refractivity contribution >= 4 is 22.9 Å². The Kier molecular flexibility index (Phi) is 8.68. The van der Waals surface area contributed by atoms with Gasteiger partial charge in [-0.05, 0) is 99.1 Å². The van der Waals surface area contributed by atoms with Crippen LogP contribution in [0.1, 0.15) is 51.7 Å². The topological polar surface area (TPSA) is 77.1 Å². The lowest BCUT2D eigenvalue weighted by Gasteiger charge is -2.33. The minimum absolute atomic E-state index is 0.0294. The number of benzene rings is 2. The van der Waals surface area contributed by atoms with Crippen LogP contribution in [0.2, 0.25) is 0 Å². The fourth-order valence-electron chi connectivity index (χ4n) is 6.72. The number of carbonyl (C=O) groups is 2. The molecule has 2 fully saturated rings. The van der Waals surface area contributed by atoms with E-state index in [4.69, 9.17) is 14.2 Å². The Morgan fingerprint density at radius 3 is 2.44 bits per heavy atom. The Morgan fingerprint density at radius 1 is 0.953 bits per heavy atom. The molecule has 4 atom stereocenters. The zero-order valence-electron chi connectivity index (χ0n) is 25.4. The van der Waals surface area contributed by atoms with Crippen LogP contribution in [0.15, 0.2) is 88.4 Å². The Morgan fingerprint density at radius 2 is 1.72 bits per heavy atom. The van der Waals surface area contributed by atoms with Gasteiger partial charge < -0.3 is 14.2 Å². The van der Waals surface area contributed by atoms with E-state index in [1.807, 2.05) is 42.5 Å².